The third-order valence-corrected chi connectivity index (χ3v) is 4.64. The van der Waals surface area contributed by atoms with Gasteiger partial charge >= 0.3 is 0 Å². The van der Waals surface area contributed by atoms with E-state index < -0.39 is 0 Å². The van der Waals surface area contributed by atoms with Crippen LogP contribution in [0.2, 0.25) is 0 Å². The first kappa shape index (κ1) is 15.7. The van der Waals surface area contributed by atoms with Crippen LogP contribution < -0.4 is 11.1 Å². The highest BCUT2D eigenvalue weighted by molar-refractivity contribution is 5.76. The molecule has 2 rings (SSSR count). The lowest BCUT2D eigenvalue weighted by Crippen LogP contribution is -2.46. The van der Waals surface area contributed by atoms with Crippen molar-refractivity contribution in [2.75, 3.05) is 39.8 Å². The van der Waals surface area contributed by atoms with E-state index >= 15 is 0 Å². The molecule has 1 unspecified atom stereocenters. The van der Waals surface area contributed by atoms with Gasteiger partial charge in [0.05, 0.1) is 12.7 Å². The zero-order valence-electron chi connectivity index (χ0n) is 12.6. The van der Waals surface area contributed by atoms with Gasteiger partial charge in [0.1, 0.15) is 0 Å². The van der Waals surface area contributed by atoms with Crippen LogP contribution in [-0.4, -0.2) is 56.7 Å². The van der Waals surface area contributed by atoms with E-state index in [1.54, 1.807) is 0 Å². The Morgan fingerprint density at radius 2 is 2.00 bits per heavy atom. The molecular formula is C15H29N3O2. The van der Waals surface area contributed by atoms with Crippen molar-refractivity contribution >= 4 is 5.91 Å². The Kier molecular flexibility index (Phi) is 6.26. The van der Waals surface area contributed by atoms with Gasteiger partial charge in [0.15, 0.2) is 0 Å². The number of nitrogens with two attached hydrogens (primary N) is 1. The molecule has 0 spiro atoms. The van der Waals surface area contributed by atoms with Crippen LogP contribution in [-0.2, 0) is 9.53 Å². The summed E-state index contributed by atoms with van der Waals surface area (Å²) in [5.74, 6) is 1.41. The minimum absolute atomic E-state index is 0.144. The Morgan fingerprint density at radius 3 is 2.65 bits per heavy atom. The highest BCUT2D eigenvalue weighted by Crippen LogP contribution is 2.30. The van der Waals surface area contributed by atoms with Crippen molar-refractivity contribution in [2.45, 2.75) is 38.2 Å². The van der Waals surface area contributed by atoms with E-state index in [-0.39, 0.29) is 12.0 Å². The number of likely N-dealkylation sites (N-methyl/N-ethyl adjacent to an activating group) is 1. The van der Waals surface area contributed by atoms with Crippen LogP contribution in [0.3, 0.4) is 0 Å². The molecule has 1 saturated heterocycles. The molecule has 116 valence electrons. The van der Waals surface area contributed by atoms with E-state index in [2.05, 4.69) is 17.3 Å². The number of carbonyl (C=O) groups is 1. The summed E-state index contributed by atoms with van der Waals surface area (Å²) in [4.78, 5) is 14.2. The van der Waals surface area contributed by atoms with E-state index in [9.17, 15) is 4.79 Å². The number of nitrogens with one attached hydrogen (secondary N) is 1. The van der Waals surface area contributed by atoms with E-state index in [1.165, 1.54) is 12.8 Å². The van der Waals surface area contributed by atoms with Crippen molar-refractivity contribution in [1.82, 2.24) is 10.2 Å². The third-order valence-electron chi connectivity index (χ3n) is 4.64. The van der Waals surface area contributed by atoms with Crippen LogP contribution in [0.4, 0.5) is 0 Å². The quantitative estimate of drug-likeness (QED) is 0.775. The van der Waals surface area contributed by atoms with Gasteiger partial charge in [-0.1, -0.05) is 0 Å². The van der Waals surface area contributed by atoms with Crippen molar-refractivity contribution in [1.29, 1.82) is 0 Å². The van der Waals surface area contributed by atoms with Crippen molar-refractivity contribution in [3.63, 3.8) is 0 Å². The highest BCUT2D eigenvalue weighted by atomic mass is 16.5. The minimum Gasteiger partial charge on any atom is -0.374 e. The van der Waals surface area contributed by atoms with Crippen LogP contribution in [0, 0.1) is 11.8 Å². The molecule has 1 aliphatic carbocycles. The fourth-order valence-electron chi connectivity index (χ4n) is 3.22. The average molecular weight is 283 g/mol. The summed E-state index contributed by atoms with van der Waals surface area (Å²) in [6.07, 6.45) is 5.48. The van der Waals surface area contributed by atoms with Crippen LogP contribution in [0.1, 0.15) is 32.1 Å². The fourth-order valence-corrected chi connectivity index (χ4v) is 3.22. The lowest BCUT2D eigenvalue weighted by atomic mass is 9.80. The van der Waals surface area contributed by atoms with Gasteiger partial charge in [-0.3, -0.25) is 4.79 Å². The summed E-state index contributed by atoms with van der Waals surface area (Å²) in [5.41, 5.74) is 5.69. The summed E-state index contributed by atoms with van der Waals surface area (Å²) >= 11 is 0. The second-order valence-electron chi connectivity index (χ2n) is 6.39. The zero-order chi connectivity index (χ0) is 14.4. The molecule has 0 bridgehead atoms. The molecule has 1 saturated carbocycles. The lowest BCUT2D eigenvalue weighted by Gasteiger charge is -2.30. The molecule has 5 heteroatoms. The monoisotopic (exact) mass is 283 g/mol. The number of rotatable bonds is 5. The Labute approximate surface area is 122 Å². The second kappa shape index (κ2) is 7.96. The van der Waals surface area contributed by atoms with Crippen LogP contribution in [0.25, 0.3) is 0 Å². The van der Waals surface area contributed by atoms with Crippen molar-refractivity contribution in [3.8, 4) is 0 Å². The van der Waals surface area contributed by atoms with Gasteiger partial charge in [-0.15, -0.1) is 0 Å². The maximum absolute atomic E-state index is 12.0. The highest BCUT2D eigenvalue weighted by Gasteiger charge is 2.23. The Bertz CT molecular complexity index is 303. The molecule has 1 amide bonds. The van der Waals surface area contributed by atoms with E-state index in [1.807, 2.05) is 0 Å². The summed E-state index contributed by atoms with van der Waals surface area (Å²) in [6, 6.07) is 0. The lowest BCUT2D eigenvalue weighted by molar-refractivity contribution is -0.123. The predicted octanol–water partition coefficient (Wildman–Crippen LogP) is 0.588. The molecular weight excluding hydrogens is 254 g/mol. The normalized spacial score (nSPS) is 32.0. The van der Waals surface area contributed by atoms with Gasteiger partial charge in [0.2, 0.25) is 5.91 Å². The van der Waals surface area contributed by atoms with Crippen molar-refractivity contribution in [2.24, 2.45) is 17.6 Å². The van der Waals surface area contributed by atoms with Gasteiger partial charge in [-0.05, 0) is 51.1 Å². The molecule has 2 fully saturated rings. The number of ether oxygens (including phenoxy) is 1. The summed E-state index contributed by atoms with van der Waals surface area (Å²) < 4.78 is 5.65. The maximum Gasteiger partial charge on any atom is 0.220 e. The number of amides is 1. The summed E-state index contributed by atoms with van der Waals surface area (Å²) in [5, 5.41) is 3.03. The molecule has 2 aliphatic rings. The topological polar surface area (TPSA) is 67.6 Å². The van der Waals surface area contributed by atoms with Crippen molar-refractivity contribution in [3.05, 3.63) is 0 Å². The van der Waals surface area contributed by atoms with Crippen LogP contribution in [0.5, 0.6) is 0 Å². The molecule has 20 heavy (non-hydrogen) atoms. The minimum atomic E-state index is 0.144. The Morgan fingerprint density at radius 1 is 1.30 bits per heavy atom. The molecule has 0 aromatic rings. The van der Waals surface area contributed by atoms with Gasteiger partial charge in [0, 0.05) is 26.1 Å². The third kappa shape index (κ3) is 5.04. The summed E-state index contributed by atoms with van der Waals surface area (Å²) in [6.45, 7) is 4.09. The Hall–Kier alpha value is -0.650. The molecule has 5 nitrogen and oxygen atoms in total. The molecule has 1 heterocycles. The first-order valence-electron chi connectivity index (χ1n) is 7.94. The van der Waals surface area contributed by atoms with Gasteiger partial charge in [-0.25, -0.2) is 0 Å². The van der Waals surface area contributed by atoms with E-state index in [0.717, 1.165) is 39.1 Å². The van der Waals surface area contributed by atoms with Gasteiger partial charge < -0.3 is 20.7 Å². The molecule has 1 atom stereocenters. The largest absolute Gasteiger partial charge is 0.374 e. The molecule has 0 aromatic carbocycles. The zero-order valence-corrected chi connectivity index (χ0v) is 12.6. The maximum atomic E-state index is 12.0. The standard InChI is InChI=1S/C15H29N3O2/c1-18-6-7-20-14(11-18)10-17-15(19)8-12-2-4-13(9-16)5-3-12/h12-14H,2-11,16H2,1H3,(H,17,19). The van der Waals surface area contributed by atoms with E-state index in [4.69, 9.17) is 10.5 Å². The predicted molar refractivity (Wildman–Crippen MR) is 79.4 cm³/mol. The molecule has 0 aromatic heterocycles. The van der Waals surface area contributed by atoms with Gasteiger partial charge in [-0.2, -0.15) is 0 Å². The fraction of sp³-hybridized carbons (Fsp3) is 0.933. The SMILES string of the molecule is CN1CCOC(CNC(=O)CC2CCC(CN)CC2)C1. The first-order valence-corrected chi connectivity index (χ1v) is 7.94. The molecule has 3 N–H and O–H groups in total. The smallest absolute Gasteiger partial charge is 0.220 e. The first-order chi connectivity index (χ1) is 9.67. The Balaban J connectivity index is 1.60. The summed E-state index contributed by atoms with van der Waals surface area (Å²) in [7, 11) is 2.09. The van der Waals surface area contributed by atoms with E-state index in [0.29, 0.717) is 24.8 Å². The number of hydrogen-bond donors (Lipinski definition) is 2. The number of carbonyl (C=O) groups excluding carboxylic acids is 1. The van der Waals surface area contributed by atoms with Crippen molar-refractivity contribution < 1.29 is 9.53 Å². The van der Waals surface area contributed by atoms with Crippen LogP contribution >= 0.6 is 0 Å². The number of hydrogen-bond acceptors (Lipinski definition) is 4. The second-order valence-corrected chi connectivity index (χ2v) is 6.39. The molecule has 1 aliphatic heterocycles. The average Bonchev–Trinajstić information content (AvgIpc) is 2.46. The van der Waals surface area contributed by atoms with Gasteiger partial charge in [0.25, 0.3) is 0 Å². The number of morpholine rings is 1. The number of nitrogens with zero attached hydrogens (tertiary/aromatic N) is 1. The van der Waals surface area contributed by atoms with Crippen LogP contribution in [0.15, 0.2) is 0 Å². The molecule has 0 radical (unpaired) electrons.